The molecule has 0 aliphatic rings. The van der Waals surface area contributed by atoms with Crippen molar-refractivity contribution < 1.29 is 17.7 Å². The summed E-state index contributed by atoms with van der Waals surface area (Å²) in [6, 6.07) is -0.0985. The Kier molecular flexibility index (Phi) is 5.40. The minimum Gasteiger partial charge on any atom is -0.448 e. The zero-order valence-electron chi connectivity index (χ0n) is 8.27. The minimum absolute atomic E-state index is 0.0985. The lowest BCUT2D eigenvalue weighted by Crippen LogP contribution is -2.43. The van der Waals surface area contributed by atoms with Crippen molar-refractivity contribution in [3.05, 3.63) is 0 Å². The Morgan fingerprint density at radius 3 is 2.15 bits per heavy atom. The SMILES string of the molecule is COCCN(C[B-](F)(F)F)C(C)C. The van der Waals surface area contributed by atoms with Crippen LogP contribution in [-0.2, 0) is 4.74 Å². The molecule has 0 amide bonds. The molecule has 0 unspecified atom stereocenters. The van der Waals surface area contributed by atoms with E-state index in [0.717, 1.165) is 0 Å². The van der Waals surface area contributed by atoms with Crippen molar-refractivity contribution in [2.75, 3.05) is 26.7 Å². The molecule has 2 nitrogen and oxygen atoms in total. The van der Waals surface area contributed by atoms with Crippen LogP contribution in [0.2, 0.25) is 0 Å². The predicted molar refractivity (Wildman–Crippen MR) is 47.7 cm³/mol. The van der Waals surface area contributed by atoms with Gasteiger partial charge in [-0.1, -0.05) is 0 Å². The van der Waals surface area contributed by atoms with Crippen LogP contribution in [0.3, 0.4) is 0 Å². The fourth-order valence-electron chi connectivity index (χ4n) is 1.03. The second-order valence-electron chi connectivity index (χ2n) is 3.29. The number of hydrogen-bond donors (Lipinski definition) is 0. The van der Waals surface area contributed by atoms with Gasteiger partial charge >= 0.3 is 6.98 Å². The van der Waals surface area contributed by atoms with Gasteiger partial charge in [-0.05, 0) is 20.3 Å². The van der Waals surface area contributed by atoms with Gasteiger partial charge in [0.15, 0.2) is 0 Å². The van der Waals surface area contributed by atoms with E-state index in [4.69, 9.17) is 4.74 Å². The zero-order chi connectivity index (χ0) is 10.5. The van der Waals surface area contributed by atoms with E-state index >= 15 is 0 Å². The van der Waals surface area contributed by atoms with Crippen molar-refractivity contribution in [1.29, 1.82) is 0 Å². The molecule has 0 radical (unpaired) electrons. The second-order valence-corrected chi connectivity index (χ2v) is 3.29. The third-order valence-electron chi connectivity index (χ3n) is 1.75. The van der Waals surface area contributed by atoms with Gasteiger partial charge in [0.05, 0.1) is 6.61 Å². The average Bonchev–Trinajstić information content (AvgIpc) is 1.95. The molecule has 13 heavy (non-hydrogen) atoms. The normalized spacial score (nSPS) is 12.9. The molecule has 0 aromatic heterocycles. The summed E-state index contributed by atoms with van der Waals surface area (Å²) in [6.07, 6.45) is -0.805. The number of hydrogen-bond acceptors (Lipinski definition) is 2. The Labute approximate surface area is 77.1 Å². The van der Waals surface area contributed by atoms with Crippen LogP contribution in [0.4, 0.5) is 12.9 Å². The first-order valence-electron chi connectivity index (χ1n) is 4.31. The zero-order valence-corrected chi connectivity index (χ0v) is 8.27. The van der Waals surface area contributed by atoms with Crippen LogP contribution < -0.4 is 0 Å². The molecule has 6 heteroatoms. The molecule has 0 fully saturated rings. The van der Waals surface area contributed by atoms with Gasteiger partial charge in [0.25, 0.3) is 0 Å². The number of halogens is 3. The monoisotopic (exact) mass is 198 g/mol. The largest absolute Gasteiger partial charge is 0.492 e. The fourth-order valence-corrected chi connectivity index (χ4v) is 1.03. The van der Waals surface area contributed by atoms with Gasteiger partial charge in [-0.15, -0.1) is 0 Å². The summed E-state index contributed by atoms with van der Waals surface area (Å²) in [7, 11) is 1.48. The van der Waals surface area contributed by atoms with E-state index in [9.17, 15) is 12.9 Å². The highest BCUT2D eigenvalue weighted by molar-refractivity contribution is 6.58. The minimum atomic E-state index is -4.73. The number of methoxy groups -OCH3 is 1. The van der Waals surface area contributed by atoms with E-state index < -0.39 is 13.4 Å². The van der Waals surface area contributed by atoms with Gasteiger partial charge in [0, 0.05) is 19.7 Å². The van der Waals surface area contributed by atoms with Crippen LogP contribution in [0.25, 0.3) is 0 Å². The van der Waals surface area contributed by atoms with E-state index in [1.165, 1.54) is 12.0 Å². The van der Waals surface area contributed by atoms with Gasteiger partial charge < -0.3 is 22.6 Å². The van der Waals surface area contributed by atoms with E-state index in [-0.39, 0.29) is 6.04 Å². The Morgan fingerprint density at radius 1 is 1.31 bits per heavy atom. The Balaban J connectivity index is 3.95. The average molecular weight is 198 g/mol. The molecule has 0 rings (SSSR count). The Morgan fingerprint density at radius 2 is 1.85 bits per heavy atom. The lowest BCUT2D eigenvalue weighted by atomic mass is 9.90. The maximum atomic E-state index is 12.1. The first-order valence-corrected chi connectivity index (χ1v) is 4.31. The molecule has 0 aromatic carbocycles. The molecule has 0 saturated carbocycles. The molecule has 0 atom stereocenters. The highest BCUT2D eigenvalue weighted by Crippen LogP contribution is 2.12. The molecule has 0 bridgehead atoms. The predicted octanol–water partition coefficient (Wildman–Crippen LogP) is 1.73. The number of rotatable bonds is 6. The van der Waals surface area contributed by atoms with Gasteiger partial charge in [0.2, 0.25) is 0 Å². The molecule has 0 saturated heterocycles. The lowest BCUT2D eigenvalue weighted by Gasteiger charge is -2.30. The third kappa shape index (κ3) is 6.89. The summed E-state index contributed by atoms with van der Waals surface area (Å²) < 4.78 is 41.0. The summed E-state index contributed by atoms with van der Waals surface area (Å²) in [6.45, 7) is -0.567. The van der Waals surface area contributed by atoms with Crippen LogP contribution in [0.1, 0.15) is 13.8 Å². The van der Waals surface area contributed by atoms with Crippen LogP contribution in [0.5, 0.6) is 0 Å². The van der Waals surface area contributed by atoms with Crippen molar-refractivity contribution in [2.24, 2.45) is 0 Å². The highest BCUT2D eigenvalue weighted by atomic mass is 19.4. The van der Waals surface area contributed by atoms with Crippen molar-refractivity contribution in [2.45, 2.75) is 19.9 Å². The summed E-state index contributed by atoms with van der Waals surface area (Å²) in [4.78, 5) is 1.36. The lowest BCUT2D eigenvalue weighted by molar-refractivity contribution is 0.135. The second kappa shape index (κ2) is 5.49. The van der Waals surface area contributed by atoms with Gasteiger partial charge in [-0.3, -0.25) is 0 Å². The standard InChI is InChI=1S/C7H16BF3NO/c1-7(2)12(4-5-13-3)6-8(9,10)11/h7H,4-6H2,1-3H3/q-1. The molecule has 0 aromatic rings. The molecule has 0 N–H and O–H groups in total. The van der Waals surface area contributed by atoms with Crippen molar-refractivity contribution in [3.63, 3.8) is 0 Å². The maximum Gasteiger partial charge on any atom is 0.492 e. The fraction of sp³-hybridized carbons (Fsp3) is 1.00. The first-order chi connectivity index (χ1) is 5.87. The number of nitrogens with zero attached hydrogens (tertiary/aromatic N) is 1. The van der Waals surface area contributed by atoms with E-state index in [1.54, 1.807) is 13.8 Å². The molecule has 0 spiro atoms. The third-order valence-corrected chi connectivity index (χ3v) is 1.75. The van der Waals surface area contributed by atoms with Crippen molar-refractivity contribution >= 4 is 6.98 Å². The summed E-state index contributed by atoms with van der Waals surface area (Å²) in [5, 5.41) is 0. The van der Waals surface area contributed by atoms with E-state index in [0.29, 0.717) is 13.2 Å². The summed E-state index contributed by atoms with van der Waals surface area (Å²) >= 11 is 0. The highest BCUT2D eigenvalue weighted by Gasteiger charge is 2.27. The maximum absolute atomic E-state index is 12.1. The van der Waals surface area contributed by atoms with Gasteiger partial charge in [0.1, 0.15) is 0 Å². The molecule has 0 heterocycles. The van der Waals surface area contributed by atoms with E-state index in [1.807, 2.05) is 0 Å². The molecule has 0 aliphatic heterocycles. The van der Waals surface area contributed by atoms with Crippen LogP contribution in [0, 0.1) is 0 Å². The summed E-state index contributed by atoms with van der Waals surface area (Å²) in [5.41, 5.74) is 0. The molecule has 80 valence electrons. The molecule has 0 aliphatic carbocycles. The van der Waals surface area contributed by atoms with Gasteiger partial charge in [-0.25, -0.2) is 0 Å². The molecular formula is C7H16BF3NO-. The van der Waals surface area contributed by atoms with Crippen LogP contribution in [-0.4, -0.2) is 44.6 Å². The Bertz CT molecular complexity index is 140. The van der Waals surface area contributed by atoms with E-state index in [2.05, 4.69) is 0 Å². The van der Waals surface area contributed by atoms with Crippen molar-refractivity contribution in [3.8, 4) is 0 Å². The molecular weight excluding hydrogens is 182 g/mol. The summed E-state index contributed by atoms with van der Waals surface area (Å²) in [5.74, 6) is 0. The van der Waals surface area contributed by atoms with Crippen LogP contribution >= 0.6 is 0 Å². The first kappa shape index (κ1) is 12.8. The Hall–Kier alpha value is -0.225. The van der Waals surface area contributed by atoms with Crippen LogP contribution in [0.15, 0.2) is 0 Å². The van der Waals surface area contributed by atoms with Gasteiger partial charge in [-0.2, -0.15) is 0 Å². The smallest absolute Gasteiger partial charge is 0.448 e. The topological polar surface area (TPSA) is 12.5 Å². The van der Waals surface area contributed by atoms with Crippen molar-refractivity contribution in [1.82, 2.24) is 4.90 Å². The number of ether oxygens (including phenoxy) is 1. The quantitative estimate of drug-likeness (QED) is 0.602.